The fraction of sp³-hybridized carbons (Fsp3) is 0.714. The van der Waals surface area contributed by atoms with Crippen LogP contribution in [-0.2, 0) is 0 Å². The summed E-state index contributed by atoms with van der Waals surface area (Å²) in [6, 6.07) is -0.206. The van der Waals surface area contributed by atoms with Gasteiger partial charge < -0.3 is 5.21 Å². The molecule has 10 heavy (non-hydrogen) atoms. The molecule has 1 unspecified atom stereocenters. The molecule has 0 spiro atoms. The smallest absolute Gasteiger partial charge is 0.0976 e. The number of rotatable bonds is 4. The van der Waals surface area contributed by atoms with Crippen molar-refractivity contribution < 1.29 is 9.60 Å². The molecule has 3 heteroatoms. The summed E-state index contributed by atoms with van der Waals surface area (Å²) in [7, 11) is 0. The average molecular weight is 147 g/mol. The molecule has 0 radical (unpaired) electrons. The van der Waals surface area contributed by atoms with Gasteiger partial charge in [0.1, 0.15) is 0 Å². The molecule has 0 saturated carbocycles. The molecule has 0 bridgehead atoms. The molecular formula is C7H14FNO. The molecule has 0 heterocycles. The van der Waals surface area contributed by atoms with E-state index >= 15 is 0 Å². The van der Waals surface area contributed by atoms with Gasteiger partial charge in [-0.3, -0.25) is 0 Å². The third-order valence-electron chi connectivity index (χ3n) is 1.15. The van der Waals surface area contributed by atoms with Gasteiger partial charge in [-0.05, 0) is 13.3 Å². The van der Waals surface area contributed by atoms with Crippen LogP contribution < -0.4 is 5.48 Å². The van der Waals surface area contributed by atoms with Crippen molar-refractivity contribution in [2.75, 3.05) is 0 Å². The fourth-order valence-electron chi connectivity index (χ4n) is 0.643. The number of nitrogens with one attached hydrogen (secondary N) is 1. The highest BCUT2D eigenvalue weighted by Gasteiger charge is 2.01. The van der Waals surface area contributed by atoms with Crippen molar-refractivity contribution in [3.63, 3.8) is 0 Å². The molecule has 1 atom stereocenters. The second kappa shape index (κ2) is 5.38. The van der Waals surface area contributed by atoms with Gasteiger partial charge in [0.15, 0.2) is 0 Å². The van der Waals surface area contributed by atoms with E-state index in [1.807, 2.05) is 12.4 Å². The maximum absolute atomic E-state index is 12.6. The summed E-state index contributed by atoms with van der Waals surface area (Å²) < 4.78 is 12.6. The van der Waals surface area contributed by atoms with E-state index in [-0.39, 0.29) is 18.3 Å². The summed E-state index contributed by atoms with van der Waals surface area (Å²) in [4.78, 5) is 0. The SMILES string of the molecule is CC/C=C(/F)CC(C)NO. The van der Waals surface area contributed by atoms with Crippen LogP contribution in [0.25, 0.3) is 0 Å². The van der Waals surface area contributed by atoms with E-state index in [1.54, 1.807) is 6.92 Å². The van der Waals surface area contributed by atoms with Crippen LogP contribution in [0.5, 0.6) is 0 Å². The first kappa shape index (κ1) is 9.59. The lowest BCUT2D eigenvalue weighted by Crippen LogP contribution is -2.21. The Morgan fingerprint density at radius 1 is 1.80 bits per heavy atom. The molecule has 0 aliphatic carbocycles. The molecule has 0 aliphatic rings. The highest BCUT2D eigenvalue weighted by molar-refractivity contribution is 4.92. The Hall–Kier alpha value is -0.410. The van der Waals surface area contributed by atoms with Crippen LogP contribution in [0.4, 0.5) is 4.39 Å². The Balaban J connectivity index is 3.56. The zero-order valence-corrected chi connectivity index (χ0v) is 6.39. The standard InChI is InChI=1S/C7H14FNO/c1-3-4-7(8)5-6(2)9-10/h4,6,9-10H,3,5H2,1-2H3/b7-4+. The number of hydrogen-bond acceptors (Lipinski definition) is 2. The maximum Gasteiger partial charge on any atom is 0.0976 e. The van der Waals surface area contributed by atoms with Gasteiger partial charge in [0.25, 0.3) is 0 Å². The molecular weight excluding hydrogens is 133 g/mol. The van der Waals surface area contributed by atoms with E-state index in [0.717, 1.165) is 0 Å². The van der Waals surface area contributed by atoms with Gasteiger partial charge in [0.05, 0.1) is 5.83 Å². The zero-order chi connectivity index (χ0) is 7.98. The number of halogens is 1. The van der Waals surface area contributed by atoms with Gasteiger partial charge in [-0.15, -0.1) is 0 Å². The van der Waals surface area contributed by atoms with Crippen LogP contribution in [0, 0.1) is 0 Å². The number of allylic oxidation sites excluding steroid dienone is 1. The largest absolute Gasteiger partial charge is 0.317 e. The van der Waals surface area contributed by atoms with Crippen molar-refractivity contribution >= 4 is 0 Å². The van der Waals surface area contributed by atoms with Gasteiger partial charge in [0, 0.05) is 12.5 Å². The molecule has 0 fully saturated rings. The maximum atomic E-state index is 12.6. The van der Waals surface area contributed by atoms with Gasteiger partial charge in [-0.2, -0.15) is 0 Å². The molecule has 2 N–H and O–H groups in total. The summed E-state index contributed by atoms with van der Waals surface area (Å²) >= 11 is 0. The molecule has 0 aromatic rings. The van der Waals surface area contributed by atoms with E-state index in [9.17, 15) is 4.39 Å². The second-order valence-corrected chi connectivity index (χ2v) is 2.29. The summed E-state index contributed by atoms with van der Waals surface area (Å²) in [5, 5.41) is 8.31. The van der Waals surface area contributed by atoms with Crippen LogP contribution in [0.2, 0.25) is 0 Å². The quantitative estimate of drug-likeness (QED) is 0.596. The third-order valence-corrected chi connectivity index (χ3v) is 1.15. The number of hydroxylamine groups is 1. The minimum atomic E-state index is -0.206. The van der Waals surface area contributed by atoms with Crippen molar-refractivity contribution in [3.05, 3.63) is 11.9 Å². The van der Waals surface area contributed by atoms with Gasteiger partial charge >= 0.3 is 0 Å². The van der Waals surface area contributed by atoms with Crippen LogP contribution in [-0.4, -0.2) is 11.2 Å². The summed E-state index contributed by atoms with van der Waals surface area (Å²) in [6.07, 6.45) is 2.46. The van der Waals surface area contributed by atoms with E-state index in [2.05, 4.69) is 0 Å². The van der Waals surface area contributed by atoms with Gasteiger partial charge in [0.2, 0.25) is 0 Å². The Labute approximate surface area is 60.7 Å². The second-order valence-electron chi connectivity index (χ2n) is 2.29. The normalized spacial score (nSPS) is 15.4. The van der Waals surface area contributed by atoms with E-state index in [0.29, 0.717) is 6.42 Å². The highest BCUT2D eigenvalue weighted by Crippen LogP contribution is 2.06. The molecule has 0 aromatic heterocycles. The predicted molar refractivity (Wildman–Crippen MR) is 38.5 cm³/mol. The van der Waals surface area contributed by atoms with E-state index in [4.69, 9.17) is 5.21 Å². The van der Waals surface area contributed by atoms with Crippen molar-refractivity contribution in [2.45, 2.75) is 32.7 Å². The minimum absolute atomic E-state index is 0.170. The lowest BCUT2D eigenvalue weighted by atomic mass is 10.2. The Morgan fingerprint density at radius 3 is 2.80 bits per heavy atom. The van der Waals surface area contributed by atoms with Gasteiger partial charge in [-0.1, -0.05) is 13.0 Å². The first-order valence-corrected chi connectivity index (χ1v) is 3.44. The molecule has 60 valence electrons. The Kier molecular flexibility index (Phi) is 5.16. The van der Waals surface area contributed by atoms with Gasteiger partial charge in [-0.25, -0.2) is 9.87 Å². The summed E-state index contributed by atoms with van der Waals surface area (Å²) in [5.41, 5.74) is 1.97. The summed E-state index contributed by atoms with van der Waals surface area (Å²) in [5.74, 6) is -0.170. The highest BCUT2D eigenvalue weighted by atomic mass is 19.1. The van der Waals surface area contributed by atoms with Crippen LogP contribution >= 0.6 is 0 Å². The molecule has 0 saturated heterocycles. The molecule has 0 rings (SSSR count). The Morgan fingerprint density at radius 2 is 2.40 bits per heavy atom. The predicted octanol–water partition coefficient (Wildman–Crippen LogP) is 2.01. The fourth-order valence-corrected chi connectivity index (χ4v) is 0.643. The van der Waals surface area contributed by atoms with Crippen molar-refractivity contribution in [1.82, 2.24) is 5.48 Å². The lowest BCUT2D eigenvalue weighted by molar-refractivity contribution is 0.130. The monoisotopic (exact) mass is 147 g/mol. The van der Waals surface area contributed by atoms with E-state index < -0.39 is 0 Å². The van der Waals surface area contributed by atoms with Crippen molar-refractivity contribution in [1.29, 1.82) is 0 Å². The first-order valence-electron chi connectivity index (χ1n) is 3.44. The van der Waals surface area contributed by atoms with Crippen molar-refractivity contribution in [3.8, 4) is 0 Å². The molecule has 0 aliphatic heterocycles. The third kappa shape index (κ3) is 4.47. The van der Waals surface area contributed by atoms with Crippen molar-refractivity contribution in [2.24, 2.45) is 0 Å². The topological polar surface area (TPSA) is 32.3 Å². The van der Waals surface area contributed by atoms with Crippen LogP contribution in [0.15, 0.2) is 11.9 Å². The lowest BCUT2D eigenvalue weighted by Gasteiger charge is -2.05. The molecule has 0 amide bonds. The van der Waals surface area contributed by atoms with Crippen LogP contribution in [0.3, 0.4) is 0 Å². The molecule has 0 aromatic carbocycles. The Bertz CT molecular complexity index is 114. The van der Waals surface area contributed by atoms with E-state index in [1.165, 1.54) is 6.08 Å². The number of hydrogen-bond donors (Lipinski definition) is 2. The molecule has 2 nitrogen and oxygen atoms in total. The zero-order valence-electron chi connectivity index (χ0n) is 6.39. The minimum Gasteiger partial charge on any atom is -0.317 e. The average Bonchev–Trinajstić information content (AvgIpc) is 1.88. The summed E-state index contributed by atoms with van der Waals surface area (Å²) in [6.45, 7) is 3.58. The van der Waals surface area contributed by atoms with Crippen LogP contribution in [0.1, 0.15) is 26.7 Å². The first-order chi connectivity index (χ1) is 4.70.